The monoisotopic (exact) mass is 392 g/mol. The highest BCUT2D eigenvalue weighted by molar-refractivity contribution is 5.97. The Kier molecular flexibility index (Phi) is 5.93. The van der Waals surface area contributed by atoms with Crippen LogP contribution in [0.15, 0.2) is 36.5 Å². The van der Waals surface area contributed by atoms with Crippen molar-refractivity contribution in [3.63, 3.8) is 0 Å². The van der Waals surface area contributed by atoms with Gasteiger partial charge in [0.1, 0.15) is 18.2 Å². The minimum Gasteiger partial charge on any atom is -0.332 e. The standard InChI is InChI=1S/C19H19F3N4O2/c20-14-10-16(22)15(21)8-12(14)7-13(23)9-18(27)25-5-6-26(19(28)11-25)17-3-1-2-4-24-17/h1-4,8,10,13H,5-7,9,11,23H2/t13-/m1/s1. The average molecular weight is 392 g/mol. The summed E-state index contributed by atoms with van der Waals surface area (Å²) < 4.78 is 40.0. The van der Waals surface area contributed by atoms with Crippen molar-refractivity contribution < 1.29 is 22.8 Å². The second-order valence-corrected chi connectivity index (χ2v) is 6.57. The summed E-state index contributed by atoms with van der Waals surface area (Å²) in [5, 5.41) is 0. The van der Waals surface area contributed by atoms with Crippen LogP contribution >= 0.6 is 0 Å². The fourth-order valence-electron chi connectivity index (χ4n) is 3.07. The molecule has 148 valence electrons. The molecule has 0 spiro atoms. The van der Waals surface area contributed by atoms with Crippen molar-refractivity contribution in [1.29, 1.82) is 0 Å². The van der Waals surface area contributed by atoms with E-state index in [1.54, 1.807) is 24.4 Å². The first-order chi connectivity index (χ1) is 13.3. The number of nitrogens with zero attached hydrogens (tertiary/aromatic N) is 3. The smallest absolute Gasteiger partial charge is 0.247 e. The number of piperazine rings is 1. The Morgan fingerprint density at radius 3 is 2.57 bits per heavy atom. The van der Waals surface area contributed by atoms with Crippen LogP contribution < -0.4 is 10.6 Å². The van der Waals surface area contributed by atoms with Gasteiger partial charge in [0.05, 0.1) is 0 Å². The van der Waals surface area contributed by atoms with E-state index in [0.29, 0.717) is 25.0 Å². The molecule has 1 aliphatic heterocycles. The lowest BCUT2D eigenvalue weighted by atomic mass is 10.0. The number of amides is 2. The maximum Gasteiger partial charge on any atom is 0.247 e. The zero-order valence-corrected chi connectivity index (χ0v) is 14.9. The number of carbonyl (C=O) groups excluding carboxylic acids is 2. The zero-order valence-electron chi connectivity index (χ0n) is 14.9. The van der Waals surface area contributed by atoms with Gasteiger partial charge in [0.15, 0.2) is 11.6 Å². The van der Waals surface area contributed by atoms with Crippen LogP contribution in [0, 0.1) is 17.5 Å². The van der Waals surface area contributed by atoms with Gasteiger partial charge in [-0.3, -0.25) is 14.5 Å². The molecule has 1 aliphatic rings. The second kappa shape index (κ2) is 8.39. The maximum atomic E-state index is 13.7. The molecule has 0 unspecified atom stereocenters. The number of hydrogen-bond donors (Lipinski definition) is 1. The van der Waals surface area contributed by atoms with E-state index in [0.717, 1.165) is 6.07 Å². The van der Waals surface area contributed by atoms with Gasteiger partial charge in [0, 0.05) is 37.8 Å². The summed E-state index contributed by atoms with van der Waals surface area (Å²) in [4.78, 5) is 31.8. The van der Waals surface area contributed by atoms with Crippen LogP contribution in [0.3, 0.4) is 0 Å². The molecule has 9 heteroatoms. The number of hydrogen-bond acceptors (Lipinski definition) is 4. The quantitative estimate of drug-likeness (QED) is 0.785. The van der Waals surface area contributed by atoms with Crippen molar-refractivity contribution in [3.8, 4) is 0 Å². The van der Waals surface area contributed by atoms with Crippen molar-refractivity contribution in [2.75, 3.05) is 24.5 Å². The van der Waals surface area contributed by atoms with Crippen LogP contribution in [-0.2, 0) is 16.0 Å². The first-order valence-corrected chi connectivity index (χ1v) is 8.73. The van der Waals surface area contributed by atoms with Crippen LogP contribution in [-0.4, -0.2) is 47.4 Å². The molecule has 6 nitrogen and oxygen atoms in total. The van der Waals surface area contributed by atoms with E-state index in [2.05, 4.69) is 4.98 Å². The molecule has 0 radical (unpaired) electrons. The lowest BCUT2D eigenvalue weighted by Crippen LogP contribution is -2.53. The van der Waals surface area contributed by atoms with E-state index in [1.165, 1.54) is 9.80 Å². The molecular formula is C19H19F3N4O2. The molecule has 0 saturated carbocycles. The van der Waals surface area contributed by atoms with Crippen molar-refractivity contribution in [1.82, 2.24) is 9.88 Å². The molecule has 2 heterocycles. The number of benzene rings is 1. The number of nitrogens with two attached hydrogens (primary N) is 1. The van der Waals surface area contributed by atoms with Crippen molar-refractivity contribution in [2.24, 2.45) is 5.73 Å². The van der Waals surface area contributed by atoms with Gasteiger partial charge >= 0.3 is 0 Å². The third-order valence-electron chi connectivity index (χ3n) is 4.51. The largest absolute Gasteiger partial charge is 0.332 e. The molecule has 1 aromatic heterocycles. The van der Waals surface area contributed by atoms with Gasteiger partial charge in [0.25, 0.3) is 0 Å². The minimum atomic E-state index is -1.28. The Hall–Kier alpha value is -2.94. The van der Waals surface area contributed by atoms with E-state index >= 15 is 0 Å². The molecule has 1 saturated heterocycles. The van der Waals surface area contributed by atoms with Crippen molar-refractivity contribution in [3.05, 3.63) is 59.5 Å². The molecule has 0 aliphatic carbocycles. The normalized spacial score (nSPS) is 15.6. The summed E-state index contributed by atoms with van der Waals surface area (Å²) in [5.41, 5.74) is 5.79. The Morgan fingerprint density at radius 1 is 1.14 bits per heavy atom. The van der Waals surface area contributed by atoms with Crippen molar-refractivity contribution in [2.45, 2.75) is 18.9 Å². The van der Waals surface area contributed by atoms with Crippen LogP contribution in [0.4, 0.5) is 19.0 Å². The predicted octanol–water partition coefficient (Wildman–Crippen LogP) is 1.63. The number of halogens is 3. The highest BCUT2D eigenvalue weighted by Gasteiger charge is 2.29. The topological polar surface area (TPSA) is 79.5 Å². The van der Waals surface area contributed by atoms with Gasteiger partial charge in [-0.05, 0) is 30.2 Å². The molecular weight excluding hydrogens is 373 g/mol. The molecule has 2 aromatic rings. The Morgan fingerprint density at radius 2 is 1.89 bits per heavy atom. The predicted molar refractivity (Wildman–Crippen MR) is 95.8 cm³/mol. The Labute approximate surface area is 159 Å². The van der Waals surface area contributed by atoms with E-state index in [9.17, 15) is 22.8 Å². The molecule has 2 N–H and O–H groups in total. The molecule has 1 aromatic carbocycles. The van der Waals surface area contributed by atoms with Crippen LogP contribution in [0.1, 0.15) is 12.0 Å². The summed E-state index contributed by atoms with van der Waals surface area (Å²) in [6.07, 6.45) is 1.31. The molecule has 1 atom stereocenters. The SMILES string of the molecule is N[C@@H](CC(=O)N1CCN(c2ccccn2)C(=O)C1)Cc1cc(F)c(F)cc1F. The molecule has 0 bridgehead atoms. The minimum absolute atomic E-state index is 0.102. The highest BCUT2D eigenvalue weighted by Crippen LogP contribution is 2.17. The third kappa shape index (κ3) is 4.48. The summed E-state index contributed by atoms with van der Waals surface area (Å²) >= 11 is 0. The summed E-state index contributed by atoms with van der Waals surface area (Å²) in [7, 11) is 0. The molecule has 2 amide bonds. The number of pyridine rings is 1. The molecule has 28 heavy (non-hydrogen) atoms. The lowest BCUT2D eigenvalue weighted by Gasteiger charge is -2.34. The van der Waals surface area contributed by atoms with Crippen LogP contribution in [0.25, 0.3) is 0 Å². The summed E-state index contributed by atoms with van der Waals surface area (Å²) in [5.74, 6) is -3.48. The number of anilines is 1. The third-order valence-corrected chi connectivity index (χ3v) is 4.51. The van der Waals surface area contributed by atoms with E-state index < -0.39 is 23.5 Å². The van der Waals surface area contributed by atoms with Gasteiger partial charge in [-0.1, -0.05) is 6.07 Å². The van der Waals surface area contributed by atoms with Gasteiger partial charge in [-0.25, -0.2) is 18.2 Å². The number of aromatic nitrogens is 1. The van der Waals surface area contributed by atoms with Gasteiger partial charge in [-0.15, -0.1) is 0 Å². The first kappa shape index (κ1) is 19.8. The van der Waals surface area contributed by atoms with E-state index in [1.807, 2.05) is 0 Å². The number of carbonyl (C=O) groups is 2. The van der Waals surface area contributed by atoms with Crippen LogP contribution in [0.2, 0.25) is 0 Å². The fourth-order valence-corrected chi connectivity index (χ4v) is 3.07. The average Bonchev–Trinajstić information content (AvgIpc) is 2.66. The Balaban J connectivity index is 1.57. The summed E-state index contributed by atoms with van der Waals surface area (Å²) in [6.45, 7) is 0.504. The fraction of sp³-hybridized carbons (Fsp3) is 0.316. The lowest BCUT2D eigenvalue weighted by molar-refractivity contribution is -0.137. The van der Waals surface area contributed by atoms with Gasteiger partial charge in [0.2, 0.25) is 11.8 Å². The molecule has 3 rings (SSSR count). The highest BCUT2D eigenvalue weighted by atomic mass is 19.2. The van der Waals surface area contributed by atoms with Crippen LogP contribution in [0.5, 0.6) is 0 Å². The van der Waals surface area contributed by atoms with E-state index in [4.69, 9.17) is 5.73 Å². The number of rotatable bonds is 5. The van der Waals surface area contributed by atoms with Gasteiger partial charge in [-0.2, -0.15) is 0 Å². The Bertz CT molecular complexity index is 879. The first-order valence-electron chi connectivity index (χ1n) is 8.73. The van der Waals surface area contributed by atoms with Crippen molar-refractivity contribution >= 4 is 17.6 Å². The zero-order chi connectivity index (χ0) is 20.3. The second-order valence-electron chi connectivity index (χ2n) is 6.57. The summed E-state index contributed by atoms with van der Waals surface area (Å²) in [6, 6.07) is 5.62. The molecule has 1 fully saturated rings. The maximum absolute atomic E-state index is 13.7. The van der Waals surface area contributed by atoms with E-state index in [-0.39, 0.29) is 36.8 Å². The van der Waals surface area contributed by atoms with Gasteiger partial charge < -0.3 is 10.6 Å².